The van der Waals surface area contributed by atoms with Gasteiger partial charge in [-0.25, -0.2) is 0 Å². The van der Waals surface area contributed by atoms with Crippen LogP contribution < -0.4 is 14.9 Å². The van der Waals surface area contributed by atoms with Gasteiger partial charge in [-0.1, -0.05) is 12.1 Å². The van der Waals surface area contributed by atoms with E-state index in [1.807, 2.05) is 38.1 Å². The Morgan fingerprint density at radius 3 is 2.94 bits per heavy atom. The Labute approximate surface area is 182 Å². The molecular formula is C24H30N2O5. The Morgan fingerprint density at radius 1 is 1.23 bits per heavy atom. The number of hydrogen-bond acceptors (Lipinski definition) is 7. The zero-order chi connectivity index (χ0) is 21.8. The molecule has 0 spiro atoms. The van der Waals surface area contributed by atoms with Gasteiger partial charge in [-0.05, 0) is 48.7 Å². The minimum atomic E-state index is -0.593. The first kappa shape index (κ1) is 21.6. The van der Waals surface area contributed by atoms with Gasteiger partial charge in [0.05, 0.1) is 31.1 Å². The molecule has 1 fully saturated rings. The van der Waals surface area contributed by atoms with Gasteiger partial charge in [0.25, 0.3) is 0 Å². The summed E-state index contributed by atoms with van der Waals surface area (Å²) in [5.74, 6) is 1.62. The fraction of sp³-hybridized carbons (Fsp3) is 0.458. The lowest BCUT2D eigenvalue weighted by Gasteiger charge is -2.32. The molecular weight excluding hydrogens is 396 g/mol. The molecule has 3 N–H and O–H groups in total. The van der Waals surface area contributed by atoms with Crippen LogP contribution in [0, 0.1) is 6.92 Å². The SMILES string of the molecule is C/C(Cc1ccc2c(c1)CCO2)=N\Nc1cc(C)cc(OC2CC(O)CC(CO)O2)c1. The number of rotatable bonds is 7. The van der Waals surface area contributed by atoms with Crippen LogP contribution in [0.4, 0.5) is 5.69 Å². The standard InChI is InChI=1S/C24H30N2O5/c1-15-7-19(11-21(8-15)30-24-13-20(28)12-22(14-27)31-24)26-25-16(2)9-17-3-4-23-18(10-17)5-6-29-23/h3-4,7-8,10-11,20,22,24,26-28H,5-6,9,12-14H2,1-2H3/b25-16+. The maximum Gasteiger partial charge on any atom is 0.202 e. The maximum atomic E-state index is 9.98. The molecule has 0 aromatic heterocycles. The molecule has 2 aromatic rings. The highest BCUT2D eigenvalue weighted by Crippen LogP contribution is 2.27. The number of aliphatic hydroxyl groups is 2. The van der Waals surface area contributed by atoms with Gasteiger partial charge < -0.3 is 24.4 Å². The molecule has 0 saturated carbocycles. The van der Waals surface area contributed by atoms with E-state index < -0.39 is 18.5 Å². The minimum Gasteiger partial charge on any atom is -0.493 e. The van der Waals surface area contributed by atoms with Gasteiger partial charge in [0.15, 0.2) is 0 Å². The molecule has 0 bridgehead atoms. The highest BCUT2D eigenvalue weighted by Gasteiger charge is 2.29. The van der Waals surface area contributed by atoms with Crippen LogP contribution >= 0.6 is 0 Å². The summed E-state index contributed by atoms with van der Waals surface area (Å²) in [6.45, 7) is 4.60. The number of benzene rings is 2. The molecule has 3 atom stereocenters. The third-order valence-electron chi connectivity index (χ3n) is 5.46. The van der Waals surface area contributed by atoms with Crippen LogP contribution in [-0.4, -0.2) is 47.6 Å². The number of aliphatic hydroxyl groups excluding tert-OH is 2. The molecule has 3 unspecified atom stereocenters. The first-order valence-electron chi connectivity index (χ1n) is 10.7. The first-order chi connectivity index (χ1) is 15.0. The topological polar surface area (TPSA) is 92.5 Å². The van der Waals surface area contributed by atoms with Crippen LogP contribution in [0.15, 0.2) is 41.5 Å². The van der Waals surface area contributed by atoms with Crippen LogP contribution in [-0.2, 0) is 17.6 Å². The molecule has 7 nitrogen and oxygen atoms in total. The summed E-state index contributed by atoms with van der Waals surface area (Å²) in [5.41, 5.74) is 8.39. The second-order valence-corrected chi connectivity index (χ2v) is 8.32. The number of anilines is 1. The molecule has 2 aliphatic heterocycles. The molecule has 2 heterocycles. The number of fused-ring (bicyclic) bond motifs is 1. The Balaban J connectivity index is 1.38. The Kier molecular flexibility index (Phi) is 6.75. The van der Waals surface area contributed by atoms with E-state index in [1.54, 1.807) is 0 Å². The van der Waals surface area contributed by atoms with Crippen molar-refractivity contribution < 1.29 is 24.4 Å². The number of hydrogen-bond donors (Lipinski definition) is 3. The van der Waals surface area contributed by atoms with Gasteiger partial charge in [0.1, 0.15) is 11.5 Å². The van der Waals surface area contributed by atoms with Gasteiger partial charge in [-0.15, -0.1) is 0 Å². The van der Waals surface area contributed by atoms with Gasteiger partial charge in [-0.3, -0.25) is 5.43 Å². The number of nitrogens with zero attached hydrogens (tertiary/aromatic N) is 1. The summed E-state index contributed by atoms with van der Waals surface area (Å²) in [4.78, 5) is 0. The van der Waals surface area contributed by atoms with E-state index in [0.29, 0.717) is 18.6 Å². The van der Waals surface area contributed by atoms with Crippen LogP contribution in [0.1, 0.15) is 36.5 Å². The molecule has 31 heavy (non-hydrogen) atoms. The summed E-state index contributed by atoms with van der Waals surface area (Å²) in [6.07, 6.45) is 0.962. The van der Waals surface area contributed by atoms with Crippen LogP contribution in [0.2, 0.25) is 0 Å². The van der Waals surface area contributed by atoms with Crippen molar-refractivity contribution in [3.8, 4) is 11.5 Å². The van der Waals surface area contributed by atoms with E-state index in [4.69, 9.17) is 14.2 Å². The second kappa shape index (κ2) is 9.68. The molecule has 7 heteroatoms. The predicted octanol–water partition coefficient (Wildman–Crippen LogP) is 3.20. The Bertz CT molecular complexity index is 946. The van der Waals surface area contributed by atoms with Gasteiger partial charge in [0.2, 0.25) is 6.29 Å². The number of nitrogens with one attached hydrogen (secondary N) is 1. The van der Waals surface area contributed by atoms with E-state index in [-0.39, 0.29) is 6.61 Å². The zero-order valence-electron chi connectivity index (χ0n) is 18.0. The summed E-state index contributed by atoms with van der Waals surface area (Å²) in [6, 6.07) is 12.1. The molecule has 4 rings (SSSR count). The fourth-order valence-corrected chi connectivity index (χ4v) is 4.02. The fourth-order valence-electron chi connectivity index (χ4n) is 4.02. The number of ether oxygens (including phenoxy) is 3. The third-order valence-corrected chi connectivity index (χ3v) is 5.46. The van der Waals surface area contributed by atoms with Gasteiger partial charge >= 0.3 is 0 Å². The molecule has 0 radical (unpaired) electrons. The average Bonchev–Trinajstić information content (AvgIpc) is 3.19. The molecule has 1 saturated heterocycles. The largest absolute Gasteiger partial charge is 0.493 e. The quantitative estimate of drug-likeness (QED) is 0.465. The Hall–Kier alpha value is -2.61. The van der Waals surface area contributed by atoms with E-state index in [2.05, 4.69) is 22.7 Å². The number of aryl methyl sites for hydroxylation is 1. The lowest BCUT2D eigenvalue weighted by molar-refractivity contribution is -0.184. The van der Waals surface area contributed by atoms with Crippen molar-refractivity contribution >= 4 is 11.4 Å². The minimum absolute atomic E-state index is 0.136. The van der Waals surface area contributed by atoms with Crippen molar-refractivity contribution in [3.63, 3.8) is 0 Å². The van der Waals surface area contributed by atoms with E-state index in [9.17, 15) is 10.2 Å². The van der Waals surface area contributed by atoms with Crippen molar-refractivity contribution in [2.45, 2.75) is 58.0 Å². The van der Waals surface area contributed by atoms with Gasteiger partial charge in [-0.2, -0.15) is 5.10 Å². The monoisotopic (exact) mass is 426 g/mol. The van der Waals surface area contributed by atoms with Crippen LogP contribution in [0.3, 0.4) is 0 Å². The summed E-state index contributed by atoms with van der Waals surface area (Å²) in [7, 11) is 0. The molecule has 166 valence electrons. The number of hydrazone groups is 1. The maximum absolute atomic E-state index is 9.98. The smallest absolute Gasteiger partial charge is 0.202 e. The second-order valence-electron chi connectivity index (χ2n) is 8.32. The molecule has 0 amide bonds. The van der Waals surface area contributed by atoms with Crippen LogP contribution in [0.25, 0.3) is 0 Å². The van der Waals surface area contributed by atoms with Crippen LogP contribution in [0.5, 0.6) is 11.5 Å². The molecule has 2 aliphatic rings. The van der Waals surface area contributed by atoms with Crippen molar-refractivity contribution in [1.29, 1.82) is 0 Å². The van der Waals surface area contributed by atoms with Crippen molar-refractivity contribution in [2.75, 3.05) is 18.6 Å². The van der Waals surface area contributed by atoms with Crippen molar-refractivity contribution in [2.24, 2.45) is 5.10 Å². The Morgan fingerprint density at radius 2 is 2.10 bits per heavy atom. The summed E-state index contributed by atoms with van der Waals surface area (Å²) < 4.78 is 17.2. The third kappa shape index (κ3) is 5.76. The summed E-state index contributed by atoms with van der Waals surface area (Å²) >= 11 is 0. The van der Waals surface area contributed by atoms with E-state index >= 15 is 0 Å². The molecule has 0 aliphatic carbocycles. The van der Waals surface area contributed by atoms with E-state index in [1.165, 1.54) is 11.1 Å². The highest BCUT2D eigenvalue weighted by molar-refractivity contribution is 5.85. The zero-order valence-corrected chi connectivity index (χ0v) is 18.0. The average molecular weight is 427 g/mol. The lowest BCUT2D eigenvalue weighted by atomic mass is 10.0. The van der Waals surface area contributed by atoms with E-state index in [0.717, 1.165) is 42.2 Å². The lowest BCUT2D eigenvalue weighted by Crippen LogP contribution is -2.40. The van der Waals surface area contributed by atoms with Gasteiger partial charge in [0, 0.05) is 37.5 Å². The van der Waals surface area contributed by atoms with Crippen molar-refractivity contribution in [3.05, 3.63) is 53.1 Å². The summed E-state index contributed by atoms with van der Waals surface area (Å²) in [5, 5.41) is 23.8. The van der Waals surface area contributed by atoms with Crippen molar-refractivity contribution in [1.82, 2.24) is 0 Å². The molecule has 2 aromatic carbocycles. The normalized spacial score (nSPS) is 23.2. The predicted molar refractivity (Wildman–Crippen MR) is 119 cm³/mol. The first-order valence-corrected chi connectivity index (χ1v) is 10.7. The highest BCUT2D eigenvalue weighted by atomic mass is 16.7.